The summed E-state index contributed by atoms with van der Waals surface area (Å²) in [5.41, 5.74) is 13.7. The van der Waals surface area contributed by atoms with E-state index < -0.39 is 0 Å². The third-order valence-corrected chi connectivity index (χ3v) is 9.20. The fraction of sp³-hybridized carbons (Fsp3) is 0.0698. The van der Waals surface area contributed by atoms with E-state index in [-0.39, 0.29) is 5.41 Å². The maximum Gasteiger partial charge on any atom is 0.0624 e. The maximum atomic E-state index is 2.48. The van der Waals surface area contributed by atoms with Crippen molar-refractivity contribution in [3.63, 3.8) is 0 Å². The third kappa shape index (κ3) is 4.08. The van der Waals surface area contributed by atoms with Crippen LogP contribution in [-0.2, 0) is 5.41 Å². The third-order valence-electron chi connectivity index (χ3n) is 9.20. The molecule has 0 aromatic heterocycles. The van der Waals surface area contributed by atoms with Crippen molar-refractivity contribution in [3.8, 4) is 33.4 Å². The number of fused-ring (bicyclic) bond motifs is 5. The molecule has 1 aliphatic rings. The molecule has 0 amide bonds. The average Bonchev–Trinajstić information content (AvgIpc) is 3.33. The molecule has 0 saturated heterocycles. The minimum Gasteiger partial charge on any atom is -0.309 e. The van der Waals surface area contributed by atoms with Gasteiger partial charge in [0.25, 0.3) is 0 Å². The Balaban J connectivity index is 1.54. The molecule has 0 bridgehead atoms. The molecule has 8 rings (SSSR count). The van der Waals surface area contributed by atoms with Crippen LogP contribution in [0.25, 0.3) is 44.2 Å². The van der Waals surface area contributed by atoms with Crippen LogP contribution < -0.4 is 4.90 Å². The summed E-state index contributed by atoms with van der Waals surface area (Å²) in [6.45, 7) is 4.77. The molecule has 0 spiro atoms. The fourth-order valence-corrected chi connectivity index (χ4v) is 7.28. The number of nitrogens with zero attached hydrogens (tertiary/aromatic N) is 1. The summed E-state index contributed by atoms with van der Waals surface area (Å²) in [7, 11) is 0. The lowest BCUT2D eigenvalue weighted by molar-refractivity contribution is 0.666. The number of hydrogen-bond acceptors (Lipinski definition) is 1. The van der Waals surface area contributed by atoms with Gasteiger partial charge in [0.2, 0.25) is 0 Å². The smallest absolute Gasteiger partial charge is 0.0624 e. The first-order valence-electron chi connectivity index (χ1n) is 15.4. The van der Waals surface area contributed by atoms with Gasteiger partial charge in [-0.1, -0.05) is 153 Å². The summed E-state index contributed by atoms with van der Waals surface area (Å²) in [5, 5.41) is 2.55. The molecule has 44 heavy (non-hydrogen) atoms. The van der Waals surface area contributed by atoms with Crippen LogP contribution in [0.2, 0.25) is 0 Å². The quantitative estimate of drug-likeness (QED) is 0.201. The summed E-state index contributed by atoms with van der Waals surface area (Å²) in [6, 6.07) is 59.4. The van der Waals surface area contributed by atoms with Gasteiger partial charge in [-0.15, -0.1) is 0 Å². The first-order chi connectivity index (χ1) is 21.6. The van der Waals surface area contributed by atoms with Crippen molar-refractivity contribution in [3.05, 3.63) is 175 Å². The molecule has 0 aliphatic heterocycles. The van der Waals surface area contributed by atoms with E-state index in [1.54, 1.807) is 0 Å². The molecule has 0 radical (unpaired) electrons. The molecule has 1 aliphatic carbocycles. The molecule has 7 aromatic rings. The highest BCUT2D eigenvalue weighted by Gasteiger charge is 2.40. The van der Waals surface area contributed by atoms with E-state index in [4.69, 9.17) is 0 Å². The molecule has 0 unspecified atom stereocenters. The Bertz CT molecular complexity index is 2130. The number of rotatable bonds is 5. The molecule has 0 atom stereocenters. The zero-order chi connectivity index (χ0) is 29.7. The predicted octanol–water partition coefficient (Wildman–Crippen LogP) is 11.9. The summed E-state index contributed by atoms with van der Waals surface area (Å²) >= 11 is 0. The lowest BCUT2D eigenvalue weighted by Crippen LogP contribution is -2.17. The molecule has 1 heteroatoms. The van der Waals surface area contributed by atoms with Crippen molar-refractivity contribution in [1.29, 1.82) is 0 Å². The van der Waals surface area contributed by atoms with Crippen LogP contribution in [0.3, 0.4) is 0 Å². The second-order valence-electron chi connectivity index (χ2n) is 12.1. The SMILES string of the molecule is CC1(C)c2ccccc2-c2c(-c3ccccc3)c(N(c3ccccc3)c3cccc(-c4ccccc4)c3)c3ccccc3c21. The van der Waals surface area contributed by atoms with Crippen LogP contribution >= 0.6 is 0 Å². The largest absolute Gasteiger partial charge is 0.309 e. The van der Waals surface area contributed by atoms with Gasteiger partial charge in [-0.3, -0.25) is 0 Å². The Kier molecular flexibility index (Phi) is 6.20. The van der Waals surface area contributed by atoms with Crippen molar-refractivity contribution in [2.45, 2.75) is 19.3 Å². The van der Waals surface area contributed by atoms with E-state index >= 15 is 0 Å². The van der Waals surface area contributed by atoms with Crippen LogP contribution in [-0.4, -0.2) is 0 Å². The minimum atomic E-state index is -0.140. The van der Waals surface area contributed by atoms with Crippen molar-refractivity contribution in [2.75, 3.05) is 4.90 Å². The molecule has 0 fully saturated rings. The number of hydrogen-bond donors (Lipinski definition) is 0. The van der Waals surface area contributed by atoms with Crippen LogP contribution in [0, 0.1) is 0 Å². The number of para-hydroxylation sites is 1. The lowest BCUT2D eigenvalue weighted by Gasteiger charge is -2.32. The van der Waals surface area contributed by atoms with E-state index in [1.165, 1.54) is 61.0 Å². The number of benzene rings is 7. The second-order valence-corrected chi connectivity index (χ2v) is 12.1. The zero-order valence-corrected chi connectivity index (χ0v) is 25.0. The van der Waals surface area contributed by atoms with Crippen LogP contribution in [0.4, 0.5) is 17.1 Å². The highest BCUT2D eigenvalue weighted by molar-refractivity contribution is 6.15. The highest BCUT2D eigenvalue weighted by Crippen LogP contribution is 2.59. The predicted molar refractivity (Wildman–Crippen MR) is 187 cm³/mol. The lowest BCUT2D eigenvalue weighted by atomic mass is 9.78. The van der Waals surface area contributed by atoms with Gasteiger partial charge in [-0.2, -0.15) is 0 Å². The molecule has 1 nitrogen and oxygen atoms in total. The highest BCUT2D eigenvalue weighted by atomic mass is 15.1. The van der Waals surface area contributed by atoms with Crippen LogP contribution in [0.15, 0.2) is 164 Å². The van der Waals surface area contributed by atoms with E-state index in [0.29, 0.717) is 0 Å². The van der Waals surface area contributed by atoms with Crippen molar-refractivity contribution < 1.29 is 0 Å². The van der Waals surface area contributed by atoms with Gasteiger partial charge in [0.15, 0.2) is 0 Å². The summed E-state index contributed by atoms with van der Waals surface area (Å²) in [4.78, 5) is 2.48. The topological polar surface area (TPSA) is 3.24 Å². The summed E-state index contributed by atoms with van der Waals surface area (Å²) < 4.78 is 0. The Morgan fingerprint density at radius 2 is 0.977 bits per heavy atom. The Hall–Kier alpha value is -5.40. The number of anilines is 3. The van der Waals surface area contributed by atoms with Gasteiger partial charge in [0.05, 0.1) is 5.69 Å². The molecule has 0 saturated carbocycles. The van der Waals surface area contributed by atoms with Gasteiger partial charge in [-0.05, 0) is 68.6 Å². The van der Waals surface area contributed by atoms with E-state index in [9.17, 15) is 0 Å². The van der Waals surface area contributed by atoms with Gasteiger partial charge >= 0.3 is 0 Å². The maximum absolute atomic E-state index is 2.48. The molecule has 0 heterocycles. The van der Waals surface area contributed by atoms with Crippen molar-refractivity contribution >= 4 is 27.8 Å². The van der Waals surface area contributed by atoms with Crippen molar-refractivity contribution in [1.82, 2.24) is 0 Å². The monoisotopic (exact) mass is 563 g/mol. The van der Waals surface area contributed by atoms with Gasteiger partial charge in [-0.25, -0.2) is 0 Å². The van der Waals surface area contributed by atoms with Gasteiger partial charge in [0.1, 0.15) is 0 Å². The summed E-state index contributed by atoms with van der Waals surface area (Å²) in [5.74, 6) is 0. The van der Waals surface area contributed by atoms with Crippen LogP contribution in [0.5, 0.6) is 0 Å². The Morgan fingerprint density at radius 1 is 0.432 bits per heavy atom. The summed E-state index contributed by atoms with van der Waals surface area (Å²) in [6.07, 6.45) is 0. The van der Waals surface area contributed by atoms with E-state index in [0.717, 1.165) is 11.4 Å². The van der Waals surface area contributed by atoms with Crippen molar-refractivity contribution in [2.24, 2.45) is 0 Å². The average molecular weight is 564 g/mol. The normalized spacial score (nSPS) is 13.0. The Labute approximate surface area is 259 Å². The molecule has 0 N–H and O–H groups in total. The van der Waals surface area contributed by atoms with Gasteiger partial charge in [0, 0.05) is 27.7 Å². The zero-order valence-electron chi connectivity index (χ0n) is 25.0. The standard InChI is InChI=1S/C43H33N/c1-43(2)38-28-15-14-27-37(38)40-39(31-19-8-4-9-20-31)42(36-26-13-12-25-35(36)41(40)43)44(33-22-10-5-11-23-33)34-24-16-21-32(29-34)30-17-6-3-7-18-30/h3-29H,1-2H3. The second kappa shape index (κ2) is 10.4. The fourth-order valence-electron chi connectivity index (χ4n) is 7.28. The van der Waals surface area contributed by atoms with Crippen LogP contribution in [0.1, 0.15) is 25.0 Å². The van der Waals surface area contributed by atoms with E-state index in [2.05, 4.69) is 183 Å². The van der Waals surface area contributed by atoms with Gasteiger partial charge < -0.3 is 4.90 Å². The molecular weight excluding hydrogens is 530 g/mol. The molecular formula is C43H33N. The molecule has 7 aromatic carbocycles. The first kappa shape index (κ1) is 26.2. The molecule has 210 valence electrons. The van der Waals surface area contributed by atoms with E-state index in [1.807, 2.05) is 0 Å². The minimum absolute atomic E-state index is 0.140. The first-order valence-corrected chi connectivity index (χ1v) is 15.4. The Morgan fingerprint density at radius 3 is 1.70 bits per heavy atom.